The van der Waals surface area contributed by atoms with E-state index in [4.69, 9.17) is 4.74 Å². The van der Waals surface area contributed by atoms with Gasteiger partial charge < -0.3 is 10.1 Å². The molecule has 1 fully saturated rings. The van der Waals surface area contributed by atoms with Crippen LogP contribution in [0.15, 0.2) is 30.3 Å². The lowest BCUT2D eigenvalue weighted by molar-refractivity contribution is -0.117. The standard InChI is InChI=1S/C16H21NO2/c1-2-19-15-10-6-3-7-13(15)11-12-16(18)17-14-8-4-5-9-14/h3,6-7,10-12,14H,2,4-5,8-9H2,1H3,(H,17,18)/b12-11-. The predicted molar refractivity (Wildman–Crippen MR) is 77.0 cm³/mol. The lowest BCUT2D eigenvalue weighted by atomic mass is 10.2. The fraction of sp³-hybridized carbons (Fsp3) is 0.438. The average Bonchev–Trinajstić information content (AvgIpc) is 2.91. The highest BCUT2D eigenvalue weighted by atomic mass is 16.5. The summed E-state index contributed by atoms with van der Waals surface area (Å²) in [6.45, 7) is 2.58. The van der Waals surface area contributed by atoms with Gasteiger partial charge in [0, 0.05) is 17.7 Å². The third kappa shape index (κ3) is 4.12. The van der Waals surface area contributed by atoms with Gasteiger partial charge in [-0.2, -0.15) is 0 Å². The molecule has 102 valence electrons. The Labute approximate surface area is 114 Å². The normalized spacial score (nSPS) is 15.8. The Hall–Kier alpha value is -1.77. The molecule has 0 spiro atoms. The van der Waals surface area contributed by atoms with Crippen LogP contribution in [-0.4, -0.2) is 18.6 Å². The second-order valence-corrected chi connectivity index (χ2v) is 4.79. The molecule has 2 rings (SSSR count). The highest BCUT2D eigenvalue weighted by Gasteiger charge is 2.15. The highest BCUT2D eigenvalue weighted by Crippen LogP contribution is 2.20. The van der Waals surface area contributed by atoms with Gasteiger partial charge in [-0.25, -0.2) is 0 Å². The number of nitrogens with one attached hydrogen (secondary N) is 1. The van der Waals surface area contributed by atoms with Crippen LogP contribution in [-0.2, 0) is 4.79 Å². The van der Waals surface area contributed by atoms with Crippen LogP contribution in [0, 0.1) is 0 Å². The number of rotatable bonds is 5. The maximum atomic E-state index is 11.8. The van der Waals surface area contributed by atoms with E-state index in [-0.39, 0.29) is 5.91 Å². The first-order chi connectivity index (χ1) is 9.29. The Kier molecular flexibility index (Phi) is 5.01. The van der Waals surface area contributed by atoms with Gasteiger partial charge in [0.15, 0.2) is 0 Å². The van der Waals surface area contributed by atoms with E-state index in [1.807, 2.05) is 37.3 Å². The number of hydrogen-bond donors (Lipinski definition) is 1. The SMILES string of the molecule is CCOc1ccccc1/C=C\C(=O)NC1CCCC1. The number of carbonyl (C=O) groups excluding carboxylic acids is 1. The molecule has 1 N–H and O–H groups in total. The van der Waals surface area contributed by atoms with Crippen molar-refractivity contribution >= 4 is 12.0 Å². The minimum absolute atomic E-state index is 0.0156. The summed E-state index contributed by atoms with van der Waals surface area (Å²) >= 11 is 0. The molecule has 1 aromatic rings. The lowest BCUT2D eigenvalue weighted by Gasteiger charge is -2.09. The van der Waals surface area contributed by atoms with Gasteiger partial charge >= 0.3 is 0 Å². The summed E-state index contributed by atoms with van der Waals surface area (Å²) in [7, 11) is 0. The molecule has 0 saturated heterocycles. The Balaban J connectivity index is 1.95. The summed E-state index contributed by atoms with van der Waals surface area (Å²) in [4.78, 5) is 11.8. The molecule has 0 aromatic heterocycles. The van der Waals surface area contributed by atoms with Crippen molar-refractivity contribution in [3.8, 4) is 5.75 Å². The minimum Gasteiger partial charge on any atom is -0.493 e. The maximum Gasteiger partial charge on any atom is 0.244 e. The largest absolute Gasteiger partial charge is 0.493 e. The topological polar surface area (TPSA) is 38.3 Å². The summed E-state index contributed by atoms with van der Waals surface area (Å²) in [5.74, 6) is 0.799. The predicted octanol–water partition coefficient (Wildman–Crippen LogP) is 3.16. The molecule has 3 heteroatoms. The van der Waals surface area contributed by atoms with Crippen LogP contribution < -0.4 is 10.1 Å². The Morgan fingerprint density at radius 1 is 1.37 bits per heavy atom. The second kappa shape index (κ2) is 6.98. The number of ether oxygens (including phenoxy) is 1. The van der Waals surface area contributed by atoms with Gasteiger partial charge in [-0.05, 0) is 31.9 Å². The van der Waals surface area contributed by atoms with Crippen molar-refractivity contribution in [1.29, 1.82) is 0 Å². The molecule has 1 aliphatic carbocycles. The number of benzene rings is 1. The molecule has 0 unspecified atom stereocenters. The number of carbonyl (C=O) groups is 1. The van der Waals surface area contributed by atoms with Crippen LogP contribution in [0.1, 0.15) is 38.2 Å². The fourth-order valence-corrected chi connectivity index (χ4v) is 2.39. The van der Waals surface area contributed by atoms with Crippen molar-refractivity contribution in [2.24, 2.45) is 0 Å². The van der Waals surface area contributed by atoms with Crippen molar-refractivity contribution in [1.82, 2.24) is 5.32 Å². The lowest BCUT2D eigenvalue weighted by Crippen LogP contribution is -2.30. The van der Waals surface area contributed by atoms with Gasteiger partial charge in [-0.1, -0.05) is 31.0 Å². The van der Waals surface area contributed by atoms with Crippen LogP contribution in [0.5, 0.6) is 5.75 Å². The maximum absolute atomic E-state index is 11.8. The molecular weight excluding hydrogens is 238 g/mol. The van der Waals surface area contributed by atoms with E-state index < -0.39 is 0 Å². The van der Waals surface area contributed by atoms with E-state index >= 15 is 0 Å². The molecule has 1 aromatic carbocycles. The van der Waals surface area contributed by atoms with Crippen molar-refractivity contribution in [2.75, 3.05) is 6.61 Å². The van der Waals surface area contributed by atoms with Crippen molar-refractivity contribution in [3.05, 3.63) is 35.9 Å². The van der Waals surface area contributed by atoms with Crippen molar-refractivity contribution < 1.29 is 9.53 Å². The second-order valence-electron chi connectivity index (χ2n) is 4.79. The molecule has 0 aliphatic heterocycles. The first-order valence-corrected chi connectivity index (χ1v) is 7.00. The Bertz CT molecular complexity index is 448. The quantitative estimate of drug-likeness (QED) is 0.825. The zero-order valence-corrected chi connectivity index (χ0v) is 11.4. The van der Waals surface area contributed by atoms with Crippen molar-refractivity contribution in [3.63, 3.8) is 0 Å². The highest BCUT2D eigenvalue weighted by molar-refractivity contribution is 5.92. The zero-order chi connectivity index (χ0) is 13.5. The summed E-state index contributed by atoms with van der Waals surface area (Å²) in [5, 5.41) is 3.03. The first-order valence-electron chi connectivity index (χ1n) is 7.00. The monoisotopic (exact) mass is 259 g/mol. The minimum atomic E-state index is -0.0156. The number of amides is 1. The van der Waals surface area contributed by atoms with Crippen LogP contribution in [0.4, 0.5) is 0 Å². The molecule has 0 radical (unpaired) electrons. The van der Waals surface area contributed by atoms with E-state index in [0.717, 1.165) is 24.2 Å². The molecule has 1 saturated carbocycles. The molecule has 0 bridgehead atoms. The van der Waals surface area contributed by atoms with E-state index in [1.165, 1.54) is 12.8 Å². The molecule has 3 nitrogen and oxygen atoms in total. The summed E-state index contributed by atoms with van der Waals surface area (Å²) in [6, 6.07) is 8.10. The fourth-order valence-electron chi connectivity index (χ4n) is 2.39. The van der Waals surface area contributed by atoms with Gasteiger partial charge in [-0.15, -0.1) is 0 Å². The first kappa shape index (κ1) is 13.7. The molecule has 1 amide bonds. The van der Waals surface area contributed by atoms with Crippen LogP contribution in [0.2, 0.25) is 0 Å². The molecule has 1 aliphatic rings. The average molecular weight is 259 g/mol. The van der Waals surface area contributed by atoms with Gasteiger partial charge in [0.05, 0.1) is 6.61 Å². The molecular formula is C16H21NO2. The van der Waals surface area contributed by atoms with Crippen molar-refractivity contribution in [2.45, 2.75) is 38.6 Å². The van der Waals surface area contributed by atoms with E-state index in [1.54, 1.807) is 6.08 Å². The molecule has 0 heterocycles. The van der Waals surface area contributed by atoms with Crippen LogP contribution in [0.25, 0.3) is 6.08 Å². The van der Waals surface area contributed by atoms with Gasteiger partial charge in [-0.3, -0.25) is 4.79 Å². The summed E-state index contributed by atoms with van der Waals surface area (Å²) in [5.41, 5.74) is 0.936. The van der Waals surface area contributed by atoms with E-state index in [9.17, 15) is 4.79 Å². The Morgan fingerprint density at radius 3 is 2.84 bits per heavy atom. The summed E-state index contributed by atoms with van der Waals surface area (Å²) < 4.78 is 5.52. The van der Waals surface area contributed by atoms with Crippen LogP contribution in [0.3, 0.4) is 0 Å². The van der Waals surface area contributed by atoms with Gasteiger partial charge in [0.2, 0.25) is 5.91 Å². The number of para-hydroxylation sites is 1. The number of hydrogen-bond acceptors (Lipinski definition) is 2. The third-order valence-electron chi connectivity index (χ3n) is 3.33. The van der Waals surface area contributed by atoms with Gasteiger partial charge in [0.1, 0.15) is 5.75 Å². The van der Waals surface area contributed by atoms with E-state index in [2.05, 4.69) is 5.32 Å². The van der Waals surface area contributed by atoms with E-state index in [0.29, 0.717) is 12.6 Å². The van der Waals surface area contributed by atoms with Crippen LogP contribution >= 0.6 is 0 Å². The molecule has 0 atom stereocenters. The summed E-state index contributed by atoms with van der Waals surface area (Å²) in [6.07, 6.45) is 8.07. The third-order valence-corrected chi connectivity index (χ3v) is 3.33. The smallest absolute Gasteiger partial charge is 0.244 e. The zero-order valence-electron chi connectivity index (χ0n) is 11.4. The van der Waals surface area contributed by atoms with Gasteiger partial charge in [0.25, 0.3) is 0 Å². The molecule has 19 heavy (non-hydrogen) atoms. The Morgan fingerprint density at radius 2 is 2.11 bits per heavy atom.